The fraction of sp³-hybridized carbons (Fsp3) is 0.909. The van der Waals surface area contributed by atoms with Crippen LogP contribution in [0.5, 0.6) is 0 Å². The first kappa shape index (κ1) is 10.7. The van der Waals surface area contributed by atoms with Gasteiger partial charge in [0.25, 0.3) is 0 Å². The lowest BCUT2D eigenvalue weighted by molar-refractivity contribution is 0.103. The van der Waals surface area contributed by atoms with Crippen molar-refractivity contribution in [3.63, 3.8) is 0 Å². The van der Waals surface area contributed by atoms with Gasteiger partial charge >= 0.3 is 6.03 Å². The van der Waals surface area contributed by atoms with Gasteiger partial charge in [-0.2, -0.15) is 0 Å². The smallest absolute Gasteiger partial charge is 0.319 e. The molecule has 2 rings (SSSR count). The fourth-order valence-corrected chi connectivity index (χ4v) is 2.64. The molecule has 2 N–H and O–H groups in total. The summed E-state index contributed by atoms with van der Waals surface area (Å²) in [5, 5.41) is 0. The van der Waals surface area contributed by atoms with Gasteiger partial charge in [0.05, 0.1) is 0 Å². The molecule has 0 bridgehead atoms. The molecule has 1 saturated carbocycles. The zero-order valence-corrected chi connectivity index (χ0v) is 9.48. The Labute approximate surface area is 91.4 Å². The molecule has 1 heterocycles. The predicted octanol–water partition coefficient (Wildman–Crippen LogP) is 1.01. The maximum atomic E-state index is 11.9. The molecule has 2 fully saturated rings. The van der Waals surface area contributed by atoms with Crippen molar-refractivity contribution in [1.29, 1.82) is 0 Å². The molecule has 1 aliphatic carbocycles. The molecule has 0 aromatic carbocycles. The van der Waals surface area contributed by atoms with E-state index in [0.717, 1.165) is 45.2 Å². The lowest BCUT2D eigenvalue weighted by atomic mass is 9.90. The first-order chi connectivity index (χ1) is 7.18. The Kier molecular flexibility index (Phi) is 3.14. The van der Waals surface area contributed by atoms with E-state index in [2.05, 4.69) is 4.90 Å². The quantitative estimate of drug-likeness (QED) is 0.704. The Morgan fingerprint density at radius 1 is 1.20 bits per heavy atom. The minimum atomic E-state index is 0.210. The third-order valence-corrected chi connectivity index (χ3v) is 3.65. The third kappa shape index (κ3) is 2.25. The summed E-state index contributed by atoms with van der Waals surface area (Å²) in [6, 6.07) is 1.01. The van der Waals surface area contributed by atoms with Crippen molar-refractivity contribution in [2.24, 2.45) is 5.73 Å². The van der Waals surface area contributed by atoms with E-state index in [0.29, 0.717) is 12.1 Å². The number of carbonyl (C=O) groups is 1. The van der Waals surface area contributed by atoms with Gasteiger partial charge in [-0.05, 0) is 32.1 Å². The van der Waals surface area contributed by atoms with Crippen molar-refractivity contribution in [2.45, 2.75) is 44.2 Å². The van der Waals surface area contributed by atoms with Crippen molar-refractivity contribution in [3.8, 4) is 0 Å². The Balaban J connectivity index is 1.94. The Hall–Kier alpha value is -0.770. The summed E-state index contributed by atoms with van der Waals surface area (Å²) in [6.45, 7) is 1.84. The summed E-state index contributed by atoms with van der Waals surface area (Å²) in [5.74, 6) is 0. The van der Waals surface area contributed by atoms with Crippen LogP contribution in [0, 0.1) is 0 Å². The molecule has 2 aliphatic rings. The zero-order chi connectivity index (χ0) is 10.8. The van der Waals surface area contributed by atoms with E-state index in [1.54, 1.807) is 0 Å². The summed E-state index contributed by atoms with van der Waals surface area (Å²) >= 11 is 0. The molecule has 0 radical (unpaired) electrons. The van der Waals surface area contributed by atoms with Crippen LogP contribution >= 0.6 is 0 Å². The van der Waals surface area contributed by atoms with Gasteiger partial charge in [0.15, 0.2) is 0 Å². The molecule has 1 aliphatic heterocycles. The molecule has 15 heavy (non-hydrogen) atoms. The van der Waals surface area contributed by atoms with Crippen molar-refractivity contribution >= 4 is 6.03 Å². The zero-order valence-electron chi connectivity index (χ0n) is 9.48. The number of hydrogen-bond acceptors (Lipinski definition) is 2. The van der Waals surface area contributed by atoms with Gasteiger partial charge in [0.2, 0.25) is 0 Å². The molecule has 4 heteroatoms. The summed E-state index contributed by atoms with van der Waals surface area (Å²) < 4.78 is 0. The standard InChI is InChI=1S/C11H21N3O/c1-13-7-2-8-14(11(13)15)10-5-3-9(12)4-6-10/h9-10H,2-8,12H2,1H3. The van der Waals surface area contributed by atoms with Crippen molar-refractivity contribution in [2.75, 3.05) is 20.1 Å². The summed E-state index contributed by atoms with van der Waals surface area (Å²) in [5.41, 5.74) is 5.87. The Morgan fingerprint density at radius 2 is 1.87 bits per heavy atom. The molecule has 2 amide bonds. The van der Waals surface area contributed by atoms with Crippen molar-refractivity contribution in [3.05, 3.63) is 0 Å². The second-order valence-corrected chi connectivity index (χ2v) is 4.82. The van der Waals surface area contributed by atoms with Crippen molar-refractivity contribution in [1.82, 2.24) is 9.80 Å². The third-order valence-electron chi connectivity index (χ3n) is 3.65. The largest absolute Gasteiger partial charge is 0.328 e. The number of urea groups is 1. The lowest BCUT2D eigenvalue weighted by Crippen LogP contribution is -2.53. The average Bonchev–Trinajstić information content (AvgIpc) is 2.24. The van der Waals surface area contributed by atoms with E-state index in [-0.39, 0.29) is 6.03 Å². The molecular weight excluding hydrogens is 190 g/mol. The van der Waals surface area contributed by atoms with Gasteiger partial charge in [0.1, 0.15) is 0 Å². The Morgan fingerprint density at radius 3 is 2.53 bits per heavy atom. The van der Waals surface area contributed by atoms with Gasteiger partial charge < -0.3 is 15.5 Å². The van der Waals surface area contributed by atoms with E-state index in [4.69, 9.17) is 5.73 Å². The highest BCUT2D eigenvalue weighted by Crippen LogP contribution is 2.24. The normalized spacial score (nSPS) is 33.3. The number of hydrogen-bond donors (Lipinski definition) is 1. The van der Waals surface area contributed by atoms with Crippen LogP contribution in [-0.4, -0.2) is 48.1 Å². The highest BCUT2D eigenvalue weighted by Gasteiger charge is 2.31. The monoisotopic (exact) mass is 211 g/mol. The van der Waals surface area contributed by atoms with E-state index in [1.807, 2.05) is 11.9 Å². The molecular formula is C11H21N3O. The first-order valence-electron chi connectivity index (χ1n) is 5.96. The number of nitrogens with zero attached hydrogens (tertiary/aromatic N) is 2. The second-order valence-electron chi connectivity index (χ2n) is 4.82. The highest BCUT2D eigenvalue weighted by atomic mass is 16.2. The summed E-state index contributed by atoms with van der Waals surface area (Å²) in [6.07, 6.45) is 5.41. The molecule has 0 aromatic heterocycles. The molecule has 0 spiro atoms. The highest BCUT2D eigenvalue weighted by molar-refractivity contribution is 5.75. The lowest BCUT2D eigenvalue weighted by Gasteiger charge is -2.41. The van der Waals surface area contributed by atoms with Crippen LogP contribution in [0.2, 0.25) is 0 Å². The van der Waals surface area contributed by atoms with E-state index in [1.165, 1.54) is 0 Å². The topological polar surface area (TPSA) is 49.6 Å². The minimum absolute atomic E-state index is 0.210. The molecule has 0 aromatic rings. The SMILES string of the molecule is CN1CCCN(C2CCC(N)CC2)C1=O. The van der Waals surface area contributed by atoms with Crippen LogP contribution in [0.1, 0.15) is 32.1 Å². The second kappa shape index (κ2) is 4.39. The van der Waals surface area contributed by atoms with Crippen LogP contribution in [0.15, 0.2) is 0 Å². The minimum Gasteiger partial charge on any atom is -0.328 e. The maximum Gasteiger partial charge on any atom is 0.319 e. The van der Waals surface area contributed by atoms with Crippen molar-refractivity contribution < 1.29 is 4.79 Å². The van der Waals surface area contributed by atoms with Gasteiger partial charge in [-0.1, -0.05) is 0 Å². The van der Waals surface area contributed by atoms with Gasteiger partial charge in [-0.3, -0.25) is 0 Å². The molecule has 0 atom stereocenters. The van der Waals surface area contributed by atoms with Gasteiger partial charge in [0, 0.05) is 32.2 Å². The average molecular weight is 211 g/mol. The molecule has 4 nitrogen and oxygen atoms in total. The number of rotatable bonds is 1. The molecule has 0 unspecified atom stereocenters. The number of amides is 2. The predicted molar refractivity (Wildman–Crippen MR) is 59.6 cm³/mol. The van der Waals surface area contributed by atoms with Crippen LogP contribution in [-0.2, 0) is 0 Å². The summed E-state index contributed by atoms with van der Waals surface area (Å²) in [4.78, 5) is 15.8. The van der Waals surface area contributed by atoms with Crippen LogP contribution < -0.4 is 5.73 Å². The van der Waals surface area contributed by atoms with E-state index in [9.17, 15) is 4.79 Å². The van der Waals surface area contributed by atoms with Crippen LogP contribution in [0.3, 0.4) is 0 Å². The summed E-state index contributed by atoms with van der Waals surface area (Å²) in [7, 11) is 1.89. The number of carbonyl (C=O) groups excluding carboxylic acids is 1. The molecule has 1 saturated heterocycles. The maximum absolute atomic E-state index is 11.9. The van der Waals surface area contributed by atoms with Gasteiger partial charge in [-0.15, -0.1) is 0 Å². The number of nitrogens with two attached hydrogens (primary N) is 1. The van der Waals surface area contributed by atoms with Crippen LogP contribution in [0.4, 0.5) is 4.79 Å². The van der Waals surface area contributed by atoms with E-state index < -0.39 is 0 Å². The van der Waals surface area contributed by atoms with E-state index >= 15 is 0 Å². The molecule has 86 valence electrons. The van der Waals surface area contributed by atoms with Crippen LogP contribution in [0.25, 0.3) is 0 Å². The fourth-order valence-electron chi connectivity index (χ4n) is 2.64. The Bertz CT molecular complexity index is 236. The first-order valence-corrected chi connectivity index (χ1v) is 5.96. The van der Waals surface area contributed by atoms with Gasteiger partial charge in [-0.25, -0.2) is 4.79 Å².